The number of carbonyl (C=O) groups excluding carboxylic acids is 1. The van der Waals surface area contributed by atoms with Crippen molar-refractivity contribution in [2.45, 2.75) is 19.9 Å². The molecule has 0 saturated carbocycles. The average molecular weight is 284 g/mol. The molecule has 5 heteroatoms. The molecule has 1 heterocycles. The number of carboxylic acid groups (broad SMARTS) is 1. The second kappa shape index (κ2) is 6.17. The molecule has 108 valence electrons. The lowest BCUT2D eigenvalue weighted by Crippen LogP contribution is -2.00. The van der Waals surface area contributed by atoms with Gasteiger partial charge in [-0.15, -0.1) is 0 Å². The Hall–Kier alpha value is -2.69. The maximum atomic E-state index is 12.0. The molecule has 1 aromatic carbocycles. The van der Waals surface area contributed by atoms with Crippen LogP contribution in [0.1, 0.15) is 46.2 Å². The highest BCUT2D eigenvalue weighted by Gasteiger charge is 2.07. The van der Waals surface area contributed by atoms with Crippen molar-refractivity contribution < 1.29 is 14.7 Å². The Morgan fingerprint density at radius 3 is 2.38 bits per heavy atom. The largest absolute Gasteiger partial charge is 0.478 e. The van der Waals surface area contributed by atoms with Crippen LogP contribution in [0.4, 0.5) is 0 Å². The van der Waals surface area contributed by atoms with Crippen LogP contribution >= 0.6 is 0 Å². The molecule has 0 fully saturated rings. The van der Waals surface area contributed by atoms with Crippen LogP contribution < -0.4 is 0 Å². The fraction of sp³-hybridized carbons (Fsp3) is 0.188. The Morgan fingerprint density at radius 1 is 1.19 bits per heavy atom. The molecular weight excluding hydrogens is 268 g/mol. The minimum atomic E-state index is -0.970. The SMILES string of the molecule is CC(C)n1cc(C(=O)/C=C\c2ccc(C(=O)O)cc2)cn1. The van der Waals surface area contributed by atoms with Gasteiger partial charge in [-0.05, 0) is 37.6 Å². The van der Waals surface area contributed by atoms with E-state index in [0.717, 1.165) is 5.56 Å². The lowest BCUT2D eigenvalue weighted by atomic mass is 10.1. The van der Waals surface area contributed by atoms with Crippen molar-refractivity contribution in [3.8, 4) is 0 Å². The van der Waals surface area contributed by atoms with Crippen LogP contribution in [0.15, 0.2) is 42.7 Å². The first kappa shape index (κ1) is 14.7. The fourth-order valence-corrected chi connectivity index (χ4v) is 1.75. The van der Waals surface area contributed by atoms with Gasteiger partial charge in [-0.3, -0.25) is 9.48 Å². The molecule has 0 amide bonds. The fourth-order valence-electron chi connectivity index (χ4n) is 1.75. The molecule has 2 aromatic rings. The minimum absolute atomic E-state index is 0.135. The summed E-state index contributed by atoms with van der Waals surface area (Å²) in [7, 11) is 0. The first-order valence-corrected chi connectivity index (χ1v) is 6.57. The number of hydrogen-bond donors (Lipinski definition) is 1. The summed E-state index contributed by atoms with van der Waals surface area (Å²) in [6.07, 6.45) is 6.36. The van der Waals surface area contributed by atoms with Crippen LogP contribution in [0, 0.1) is 0 Å². The zero-order chi connectivity index (χ0) is 15.4. The molecule has 1 aromatic heterocycles. The van der Waals surface area contributed by atoms with Crippen molar-refractivity contribution in [3.63, 3.8) is 0 Å². The number of rotatable bonds is 5. The second-order valence-corrected chi connectivity index (χ2v) is 4.93. The first-order chi connectivity index (χ1) is 9.97. The topological polar surface area (TPSA) is 72.2 Å². The van der Waals surface area contributed by atoms with Crippen molar-refractivity contribution in [2.75, 3.05) is 0 Å². The summed E-state index contributed by atoms with van der Waals surface area (Å²) < 4.78 is 1.72. The van der Waals surface area contributed by atoms with Crippen LogP contribution in [-0.2, 0) is 0 Å². The highest BCUT2D eigenvalue weighted by molar-refractivity contribution is 6.06. The maximum Gasteiger partial charge on any atom is 0.335 e. The Bertz CT molecular complexity index is 682. The number of aromatic carboxylic acids is 1. The number of allylic oxidation sites excluding steroid dienone is 1. The molecule has 0 aliphatic carbocycles. The van der Waals surface area contributed by atoms with Crippen molar-refractivity contribution in [1.29, 1.82) is 0 Å². The summed E-state index contributed by atoms with van der Waals surface area (Å²) >= 11 is 0. The van der Waals surface area contributed by atoms with Crippen LogP contribution in [0.3, 0.4) is 0 Å². The maximum absolute atomic E-state index is 12.0. The summed E-state index contributed by atoms with van der Waals surface area (Å²) in [5.74, 6) is -1.10. The smallest absolute Gasteiger partial charge is 0.335 e. The molecule has 0 spiro atoms. The first-order valence-electron chi connectivity index (χ1n) is 6.57. The van der Waals surface area contributed by atoms with Crippen LogP contribution in [0.2, 0.25) is 0 Å². The molecular formula is C16H16N2O3. The predicted octanol–water partition coefficient (Wildman–Crippen LogP) is 3.06. The Balaban J connectivity index is 2.09. The lowest BCUT2D eigenvalue weighted by Gasteiger charge is -2.02. The van der Waals surface area contributed by atoms with Gasteiger partial charge in [-0.1, -0.05) is 18.2 Å². The number of hydrogen-bond acceptors (Lipinski definition) is 3. The van der Waals surface area contributed by atoms with Gasteiger partial charge in [0.15, 0.2) is 5.78 Å². The quantitative estimate of drug-likeness (QED) is 0.676. The van der Waals surface area contributed by atoms with Gasteiger partial charge in [0.05, 0.1) is 17.3 Å². The molecule has 0 aliphatic heterocycles. The summed E-state index contributed by atoms with van der Waals surface area (Å²) in [5.41, 5.74) is 1.52. The minimum Gasteiger partial charge on any atom is -0.478 e. The van der Waals surface area contributed by atoms with Crippen molar-refractivity contribution in [3.05, 3.63) is 59.4 Å². The molecule has 0 unspecified atom stereocenters. The van der Waals surface area contributed by atoms with E-state index in [1.807, 2.05) is 13.8 Å². The Labute approximate surface area is 122 Å². The zero-order valence-corrected chi connectivity index (χ0v) is 11.9. The molecule has 0 radical (unpaired) electrons. The standard InChI is InChI=1S/C16H16N2O3/c1-11(2)18-10-14(9-17-18)15(19)8-5-12-3-6-13(7-4-12)16(20)21/h3-11H,1-2H3,(H,20,21)/b8-5-. The number of nitrogens with zero attached hydrogens (tertiary/aromatic N) is 2. The lowest BCUT2D eigenvalue weighted by molar-refractivity contribution is 0.0696. The molecule has 21 heavy (non-hydrogen) atoms. The van der Waals surface area contributed by atoms with Crippen LogP contribution in [-0.4, -0.2) is 26.6 Å². The molecule has 5 nitrogen and oxygen atoms in total. The van der Waals surface area contributed by atoms with E-state index < -0.39 is 5.97 Å². The third-order valence-corrected chi connectivity index (χ3v) is 3.00. The Kier molecular flexibility index (Phi) is 4.33. The molecule has 0 atom stereocenters. The molecule has 1 N–H and O–H groups in total. The number of aromatic nitrogens is 2. The highest BCUT2D eigenvalue weighted by Crippen LogP contribution is 2.09. The van der Waals surface area contributed by atoms with Crippen LogP contribution in [0.5, 0.6) is 0 Å². The van der Waals surface area contributed by atoms with Gasteiger partial charge in [0.2, 0.25) is 0 Å². The monoisotopic (exact) mass is 284 g/mol. The summed E-state index contributed by atoms with van der Waals surface area (Å²) in [4.78, 5) is 22.7. The van der Waals surface area contributed by atoms with Crippen molar-refractivity contribution in [2.24, 2.45) is 0 Å². The Morgan fingerprint density at radius 2 is 1.86 bits per heavy atom. The average Bonchev–Trinajstić information content (AvgIpc) is 2.95. The van der Waals surface area contributed by atoms with E-state index in [2.05, 4.69) is 5.10 Å². The molecule has 0 bridgehead atoms. The van der Waals surface area contributed by atoms with E-state index >= 15 is 0 Å². The molecule has 2 rings (SSSR count). The molecule has 0 saturated heterocycles. The van der Waals surface area contributed by atoms with Gasteiger partial charge in [0.25, 0.3) is 0 Å². The van der Waals surface area contributed by atoms with Gasteiger partial charge in [-0.25, -0.2) is 4.79 Å². The van der Waals surface area contributed by atoms with E-state index in [1.54, 1.807) is 35.3 Å². The predicted molar refractivity (Wildman–Crippen MR) is 79.4 cm³/mol. The van der Waals surface area contributed by atoms with Crippen molar-refractivity contribution in [1.82, 2.24) is 9.78 Å². The van der Waals surface area contributed by atoms with E-state index in [1.165, 1.54) is 18.2 Å². The van der Waals surface area contributed by atoms with E-state index in [-0.39, 0.29) is 17.4 Å². The van der Waals surface area contributed by atoms with E-state index in [4.69, 9.17) is 5.11 Å². The summed E-state index contributed by atoms with van der Waals surface area (Å²) in [5, 5.41) is 12.9. The van der Waals surface area contributed by atoms with Gasteiger partial charge >= 0.3 is 5.97 Å². The summed E-state index contributed by atoms with van der Waals surface area (Å²) in [6.45, 7) is 3.97. The third-order valence-electron chi connectivity index (χ3n) is 3.00. The third kappa shape index (κ3) is 3.66. The highest BCUT2D eigenvalue weighted by atomic mass is 16.4. The summed E-state index contributed by atoms with van der Waals surface area (Å²) in [6, 6.07) is 6.53. The zero-order valence-electron chi connectivity index (χ0n) is 11.9. The number of carboxylic acids is 1. The second-order valence-electron chi connectivity index (χ2n) is 4.93. The number of ketones is 1. The van der Waals surface area contributed by atoms with Gasteiger partial charge < -0.3 is 5.11 Å². The normalized spacial score (nSPS) is 11.2. The van der Waals surface area contributed by atoms with Gasteiger partial charge in [-0.2, -0.15) is 5.10 Å². The van der Waals surface area contributed by atoms with Crippen LogP contribution in [0.25, 0.3) is 6.08 Å². The van der Waals surface area contributed by atoms with E-state index in [9.17, 15) is 9.59 Å². The number of benzene rings is 1. The van der Waals surface area contributed by atoms with E-state index in [0.29, 0.717) is 5.56 Å². The van der Waals surface area contributed by atoms with Gasteiger partial charge in [0.1, 0.15) is 0 Å². The molecule has 0 aliphatic rings. The van der Waals surface area contributed by atoms with Crippen molar-refractivity contribution >= 4 is 17.8 Å². The number of carbonyl (C=O) groups is 2. The van der Waals surface area contributed by atoms with Gasteiger partial charge in [0, 0.05) is 12.2 Å².